The van der Waals surface area contributed by atoms with E-state index in [1.165, 1.54) is 19.3 Å². The molecule has 2 aromatic carbocycles. The van der Waals surface area contributed by atoms with Gasteiger partial charge in [-0.2, -0.15) is 5.10 Å². The molecule has 0 radical (unpaired) electrons. The van der Waals surface area contributed by atoms with Gasteiger partial charge in [0.2, 0.25) is 0 Å². The number of hydrazone groups is 1. The zero-order valence-corrected chi connectivity index (χ0v) is 17.4. The Morgan fingerprint density at radius 1 is 0.931 bits per heavy atom. The minimum atomic E-state index is -0.707. The van der Waals surface area contributed by atoms with Crippen LogP contribution in [0.25, 0.3) is 0 Å². The van der Waals surface area contributed by atoms with Gasteiger partial charge in [0.05, 0.1) is 0 Å². The van der Waals surface area contributed by atoms with Crippen LogP contribution in [0.15, 0.2) is 65.8 Å². The number of carbonyl (C=O) groups excluding carboxylic acids is 2. The highest BCUT2D eigenvalue weighted by Gasteiger charge is 2.21. The Balaban J connectivity index is 2.01. The molecule has 29 heavy (non-hydrogen) atoms. The molecule has 1 atom stereocenters. The van der Waals surface area contributed by atoms with Gasteiger partial charge >= 0.3 is 0 Å². The number of nitrogens with one attached hydrogen (secondary N) is 2. The lowest BCUT2D eigenvalue weighted by Gasteiger charge is -2.17. The van der Waals surface area contributed by atoms with Crippen LogP contribution in [-0.2, 0) is 11.2 Å². The van der Waals surface area contributed by atoms with Gasteiger partial charge in [0, 0.05) is 17.7 Å². The summed E-state index contributed by atoms with van der Waals surface area (Å²) in [5.74, 6) is -0.590. The molecule has 5 nitrogen and oxygen atoms in total. The van der Waals surface area contributed by atoms with E-state index in [9.17, 15) is 9.59 Å². The van der Waals surface area contributed by atoms with Crippen LogP contribution in [0.5, 0.6) is 0 Å². The van der Waals surface area contributed by atoms with Crippen molar-refractivity contribution >= 4 is 17.5 Å². The van der Waals surface area contributed by atoms with E-state index >= 15 is 0 Å². The largest absolute Gasteiger partial charge is 0.340 e. The maximum atomic E-state index is 12.8. The lowest BCUT2D eigenvalue weighted by molar-refractivity contribution is -0.122. The van der Waals surface area contributed by atoms with Crippen LogP contribution in [0.2, 0.25) is 0 Å². The predicted octanol–water partition coefficient (Wildman–Crippen LogP) is 4.49. The number of carbonyl (C=O) groups is 2. The van der Waals surface area contributed by atoms with Crippen molar-refractivity contribution in [2.24, 2.45) is 5.10 Å². The molecular formula is C24H31N3O2. The minimum Gasteiger partial charge on any atom is -0.340 e. The van der Waals surface area contributed by atoms with E-state index in [-0.39, 0.29) is 11.8 Å². The summed E-state index contributed by atoms with van der Waals surface area (Å²) in [6.45, 7) is 4.10. The average molecular weight is 394 g/mol. The van der Waals surface area contributed by atoms with E-state index in [0.717, 1.165) is 24.1 Å². The van der Waals surface area contributed by atoms with Crippen LogP contribution in [0.4, 0.5) is 0 Å². The van der Waals surface area contributed by atoms with Crippen molar-refractivity contribution in [2.45, 2.75) is 58.4 Å². The molecule has 0 aliphatic rings. The van der Waals surface area contributed by atoms with Crippen molar-refractivity contribution in [1.29, 1.82) is 0 Å². The van der Waals surface area contributed by atoms with Crippen molar-refractivity contribution < 1.29 is 9.59 Å². The lowest BCUT2D eigenvalue weighted by atomic mass is 10.0. The van der Waals surface area contributed by atoms with Crippen molar-refractivity contribution in [3.8, 4) is 0 Å². The normalized spacial score (nSPS) is 12.3. The third-order valence-corrected chi connectivity index (χ3v) is 4.69. The molecule has 2 amide bonds. The Kier molecular flexibility index (Phi) is 9.63. The molecule has 0 saturated heterocycles. The lowest BCUT2D eigenvalue weighted by Crippen LogP contribution is -2.47. The quantitative estimate of drug-likeness (QED) is 0.335. The summed E-state index contributed by atoms with van der Waals surface area (Å²) in [5, 5.41) is 7.08. The van der Waals surface area contributed by atoms with E-state index < -0.39 is 6.04 Å². The van der Waals surface area contributed by atoms with Gasteiger partial charge in [-0.05, 0) is 37.5 Å². The summed E-state index contributed by atoms with van der Waals surface area (Å²) in [5.41, 5.74) is 5.02. The minimum absolute atomic E-state index is 0.276. The maximum absolute atomic E-state index is 12.8. The Labute approximate surface area is 173 Å². The Hall–Kier alpha value is -2.95. The second-order valence-electron chi connectivity index (χ2n) is 7.22. The predicted molar refractivity (Wildman–Crippen MR) is 118 cm³/mol. The smallest absolute Gasteiger partial charge is 0.262 e. The summed E-state index contributed by atoms with van der Waals surface area (Å²) in [7, 11) is 0. The molecular weight excluding hydrogens is 362 g/mol. The van der Waals surface area contributed by atoms with Crippen molar-refractivity contribution in [2.75, 3.05) is 0 Å². The number of hydrogen-bond donors (Lipinski definition) is 2. The fraction of sp³-hybridized carbons (Fsp3) is 0.375. The van der Waals surface area contributed by atoms with Gasteiger partial charge in [0.15, 0.2) is 0 Å². The van der Waals surface area contributed by atoms with Crippen LogP contribution >= 0.6 is 0 Å². The van der Waals surface area contributed by atoms with Gasteiger partial charge in [-0.25, -0.2) is 5.43 Å². The van der Waals surface area contributed by atoms with Crippen molar-refractivity contribution in [1.82, 2.24) is 10.7 Å². The molecule has 0 aliphatic carbocycles. The van der Waals surface area contributed by atoms with Gasteiger partial charge in [-0.15, -0.1) is 0 Å². The molecule has 0 spiro atoms. The second kappa shape index (κ2) is 12.5. The molecule has 0 unspecified atom stereocenters. The first kappa shape index (κ1) is 22.3. The first-order valence-corrected chi connectivity index (χ1v) is 10.3. The van der Waals surface area contributed by atoms with Crippen LogP contribution in [0, 0.1) is 0 Å². The van der Waals surface area contributed by atoms with E-state index in [1.54, 1.807) is 24.3 Å². The highest BCUT2D eigenvalue weighted by atomic mass is 16.2. The van der Waals surface area contributed by atoms with Crippen LogP contribution < -0.4 is 10.7 Å². The third-order valence-electron chi connectivity index (χ3n) is 4.69. The molecule has 0 heterocycles. The number of rotatable bonds is 11. The monoisotopic (exact) mass is 393 g/mol. The fourth-order valence-corrected chi connectivity index (χ4v) is 2.98. The van der Waals surface area contributed by atoms with Crippen molar-refractivity contribution in [3.63, 3.8) is 0 Å². The first-order chi connectivity index (χ1) is 14.1. The first-order valence-electron chi connectivity index (χ1n) is 10.3. The van der Waals surface area contributed by atoms with Crippen LogP contribution in [-0.4, -0.2) is 23.6 Å². The Morgan fingerprint density at radius 3 is 2.24 bits per heavy atom. The van der Waals surface area contributed by atoms with Crippen molar-refractivity contribution in [3.05, 3.63) is 71.8 Å². The Morgan fingerprint density at radius 2 is 1.59 bits per heavy atom. The van der Waals surface area contributed by atoms with Crippen LogP contribution in [0.1, 0.15) is 61.9 Å². The summed E-state index contributed by atoms with van der Waals surface area (Å²) >= 11 is 0. The summed E-state index contributed by atoms with van der Waals surface area (Å²) in [4.78, 5) is 25.3. The molecule has 5 heteroatoms. The average Bonchev–Trinajstić information content (AvgIpc) is 2.76. The number of nitrogens with zero attached hydrogens (tertiary/aromatic N) is 1. The number of unbranched alkanes of at least 4 members (excludes halogenated alkanes) is 3. The number of amides is 2. The molecule has 2 aromatic rings. The van der Waals surface area contributed by atoms with E-state index in [1.807, 2.05) is 43.3 Å². The second-order valence-corrected chi connectivity index (χ2v) is 7.22. The SMILES string of the molecule is CCCCCC/C(C)=N\NC(=O)[C@H](Cc1ccccc1)NC(=O)c1ccccc1. The van der Waals surface area contributed by atoms with Gasteiger partial charge in [0.25, 0.3) is 11.8 Å². The van der Waals surface area contributed by atoms with Gasteiger partial charge in [0.1, 0.15) is 6.04 Å². The number of benzene rings is 2. The summed E-state index contributed by atoms with van der Waals surface area (Å²) < 4.78 is 0. The highest BCUT2D eigenvalue weighted by Crippen LogP contribution is 2.07. The van der Waals surface area contributed by atoms with Crippen LogP contribution in [0.3, 0.4) is 0 Å². The molecule has 154 valence electrons. The van der Waals surface area contributed by atoms with E-state index in [0.29, 0.717) is 12.0 Å². The zero-order chi connectivity index (χ0) is 20.9. The topological polar surface area (TPSA) is 70.6 Å². The number of hydrogen-bond acceptors (Lipinski definition) is 3. The Bertz CT molecular complexity index is 788. The molecule has 0 saturated carbocycles. The fourth-order valence-electron chi connectivity index (χ4n) is 2.98. The molecule has 0 bridgehead atoms. The van der Waals surface area contributed by atoms with Gasteiger partial charge in [-0.3, -0.25) is 9.59 Å². The van der Waals surface area contributed by atoms with Gasteiger partial charge in [-0.1, -0.05) is 74.7 Å². The molecule has 2 rings (SSSR count). The zero-order valence-electron chi connectivity index (χ0n) is 17.4. The van der Waals surface area contributed by atoms with Gasteiger partial charge < -0.3 is 5.32 Å². The maximum Gasteiger partial charge on any atom is 0.262 e. The molecule has 0 fully saturated rings. The summed E-state index contributed by atoms with van der Waals surface area (Å²) in [6.07, 6.45) is 5.90. The van der Waals surface area contributed by atoms with E-state index in [2.05, 4.69) is 22.8 Å². The highest BCUT2D eigenvalue weighted by molar-refractivity contribution is 5.97. The molecule has 0 aliphatic heterocycles. The third kappa shape index (κ3) is 8.30. The summed E-state index contributed by atoms with van der Waals surface area (Å²) in [6, 6.07) is 17.8. The van der Waals surface area contributed by atoms with E-state index in [4.69, 9.17) is 0 Å². The molecule has 0 aromatic heterocycles. The molecule has 2 N–H and O–H groups in total. The standard InChI is InChI=1S/C24H31N3O2/c1-3-4-5-8-13-19(2)26-27-24(29)22(18-20-14-9-6-10-15-20)25-23(28)21-16-11-7-12-17-21/h6-7,9-12,14-17,22H,3-5,8,13,18H2,1-2H3,(H,25,28)(H,27,29)/b26-19-/t22-/m0/s1.